The zero-order valence-electron chi connectivity index (χ0n) is 18.8. The van der Waals surface area contributed by atoms with E-state index in [0.29, 0.717) is 16.7 Å². The SMILES string of the molecule is CC(=C1C(=C(C)c2ccc(C#N)cc2)C1=C(C)c1ccc(C#N)cc1)c1ccc(C#N)cc1. The van der Waals surface area contributed by atoms with Gasteiger partial charge in [-0.15, -0.1) is 0 Å². The number of rotatable bonds is 3. The summed E-state index contributed by atoms with van der Waals surface area (Å²) < 4.78 is 0. The highest BCUT2D eigenvalue weighted by Crippen LogP contribution is 2.55. The number of hydrogen-bond acceptors (Lipinski definition) is 3. The van der Waals surface area contributed by atoms with Crippen molar-refractivity contribution in [3.63, 3.8) is 0 Å². The molecule has 0 radical (unpaired) electrons. The van der Waals surface area contributed by atoms with Gasteiger partial charge in [-0.3, -0.25) is 0 Å². The minimum Gasteiger partial charge on any atom is -0.192 e. The van der Waals surface area contributed by atoms with E-state index < -0.39 is 0 Å². The van der Waals surface area contributed by atoms with Crippen molar-refractivity contribution in [3.8, 4) is 18.2 Å². The number of benzene rings is 3. The van der Waals surface area contributed by atoms with E-state index in [9.17, 15) is 0 Å². The number of allylic oxidation sites excluding steroid dienone is 6. The van der Waals surface area contributed by atoms with Crippen molar-refractivity contribution in [2.24, 2.45) is 0 Å². The summed E-state index contributed by atoms with van der Waals surface area (Å²) in [6.07, 6.45) is 0. The molecule has 0 unspecified atom stereocenters. The summed E-state index contributed by atoms with van der Waals surface area (Å²) in [6.45, 7) is 6.34. The van der Waals surface area contributed by atoms with Crippen LogP contribution in [-0.4, -0.2) is 0 Å². The molecule has 156 valence electrons. The Labute approximate surface area is 194 Å². The van der Waals surface area contributed by atoms with E-state index in [4.69, 9.17) is 15.8 Å². The minimum absolute atomic E-state index is 0.640. The van der Waals surface area contributed by atoms with Crippen LogP contribution in [0.15, 0.2) is 89.5 Å². The van der Waals surface area contributed by atoms with Crippen LogP contribution in [0.25, 0.3) is 16.7 Å². The van der Waals surface area contributed by atoms with Crippen molar-refractivity contribution in [3.05, 3.63) is 123 Å². The van der Waals surface area contributed by atoms with Gasteiger partial charge in [0.05, 0.1) is 34.9 Å². The van der Waals surface area contributed by atoms with Gasteiger partial charge in [0.1, 0.15) is 0 Å². The molecule has 3 nitrogen and oxygen atoms in total. The van der Waals surface area contributed by atoms with Crippen LogP contribution in [-0.2, 0) is 0 Å². The monoisotopic (exact) mass is 423 g/mol. The fourth-order valence-corrected chi connectivity index (χ4v) is 4.13. The molecule has 3 aromatic carbocycles. The third kappa shape index (κ3) is 4.12. The van der Waals surface area contributed by atoms with Gasteiger partial charge < -0.3 is 0 Å². The fourth-order valence-electron chi connectivity index (χ4n) is 4.13. The van der Waals surface area contributed by atoms with Crippen LogP contribution in [0.1, 0.15) is 54.2 Å². The van der Waals surface area contributed by atoms with E-state index >= 15 is 0 Å². The molecule has 0 spiro atoms. The van der Waals surface area contributed by atoms with Gasteiger partial charge in [-0.05, 0) is 107 Å². The van der Waals surface area contributed by atoms with E-state index in [0.717, 1.165) is 33.4 Å². The van der Waals surface area contributed by atoms with E-state index in [1.54, 1.807) is 0 Å². The summed E-state index contributed by atoms with van der Waals surface area (Å²) in [5.74, 6) is 0. The van der Waals surface area contributed by atoms with Gasteiger partial charge in [0, 0.05) is 0 Å². The predicted octanol–water partition coefficient (Wildman–Crippen LogP) is 7.04. The molecule has 1 aliphatic carbocycles. The van der Waals surface area contributed by atoms with Crippen LogP contribution >= 0.6 is 0 Å². The Morgan fingerprint density at radius 3 is 0.818 bits per heavy atom. The highest BCUT2D eigenvalue weighted by molar-refractivity contribution is 6.05. The predicted molar refractivity (Wildman–Crippen MR) is 131 cm³/mol. The summed E-state index contributed by atoms with van der Waals surface area (Å²) in [5, 5.41) is 27.4. The van der Waals surface area contributed by atoms with Crippen LogP contribution in [0.3, 0.4) is 0 Å². The topological polar surface area (TPSA) is 71.4 Å². The Morgan fingerprint density at radius 2 is 0.636 bits per heavy atom. The first-order chi connectivity index (χ1) is 16.0. The molecular formula is C30H21N3. The number of nitriles is 3. The molecular weight excluding hydrogens is 402 g/mol. The lowest BCUT2D eigenvalue weighted by atomic mass is 10.0. The van der Waals surface area contributed by atoms with Gasteiger partial charge in [-0.25, -0.2) is 0 Å². The lowest BCUT2D eigenvalue weighted by Gasteiger charge is -2.02. The fraction of sp³-hybridized carbons (Fsp3) is 0.100. The zero-order valence-corrected chi connectivity index (χ0v) is 18.8. The second-order valence-electron chi connectivity index (χ2n) is 8.07. The van der Waals surface area contributed by atoms with Crippen molar-refractivity contribution < 1.29 is 0 Å². The quantitative estimate of drug-likeness (QED) is 0.454. The molecule has 33 heavy (non-hydrogen) atoms. The molecule has 0 aliphatic heterocycles. The molecule has 0 saturated heterocycles. The molecule has 4 rings (SSSR count). The maximum Gasteiger partial charge on any atom is 0.0991 e. The largest absolute Gasteiger partial charge is 0.192 e. The lowest BCUT2D eigenvalue weighted by Crippen LogP contribution is -1.82. The molecule has 1 aliphatic rings. The molecule has 1 fully saturated rings. The van der Waals surface area contributed by atoms with Gasteiger partial charge >= 0.3 is 0 Å². The van der Waals surface area contributed by atoms with Gasteiger partial charge in [0.25, 0.3) is 0 Å². The van der Waals surface area contributed by atoms with Crippen LogP contribution in [0.5, 0.6) is 0 Å². The molecule has 1 saturated carbocycles. The molecule has 0 amide bonds. The highest BCUT2D eigenvalue weighted by Gasteiger charge is 2.36. The molecule has 0 atom stereocenters. The Morgan fingerprint density at radius 1 is 0.424 bits per heavy atom. The minimum atomic E-state index is 0.640. The van der Waals surface area contributed by atoms with Crippen molar-refractivity contribution in [1.29, 1.82) is 15.8 Å². The lowest BCUT2D eigenvalue weighted by molar-refractivity contribution is 1.46. The molecule has 0 N–H and O–H groups in total. The average Bonchev–Trinajstić information content (AvgIpc) is 3.63. The van der Waals surface area contributed by atoms with Crippen molar-refractivity contribution in [2.45, 2.75) is 20.8 Å². The Kier molecular flexibility index (Phi) is 5.78. The Hall–Kier alpha value is -4.65. The van der Waals surface area contributed by atoms with E-state index in [2.05, 4.69) is 39.0 Å². The summed E-state index contributed by atoms with van der Waals surface area (Å²) in [6, 6.07) is 29.5. The molecule has 0 heterocycles. The first kappa shape index (κ1) is 21.6. The summed E-state index contributed by atoms with van der Waals surface area (Å²) >= 11 is 0. The molecule has 0 aromatic heterocycles. The normalized spacial score (nSPS) is 11.8. The smallest absolute Gasteiger partial charge is 0.0991 e. The maximum atomic E-state index is 9.13. The Balaban J connectivity index is 1.89. The van der Waals surface area contributed by atoms with Gasteiger partial charge in [0.15, 0.2) is 0 Å². The molecule has 0 bridgehead atoms. The van der Waals surface area contributed by atoms with E-state index in [1.165, 1.54) is 16.7 Å². The van der Waals surface area contributed by atoms with Crippen molar-refractivity contribution in [2.75, 3.05) is 0 Å². The van der Waals surface area contributed by atoms with Crippen LogP contribution < -0.4 is 0 Å². The third-order valence-electron chi connectivity index (χ3n) is 6.15. The summed E-state index contributed by atoms with van der Waals surface area (Å²) in [5.41, 5.74) is 12.3. The number of nitrogens with zero attached hydrogens (tertiary/aromatic N) is 3. The second-order valence-corrected chi connectivity index (χ2v) is 8.07. The molecule has 3 aromatic rings. The maximum absolute atomic E-state index is 9.13. The van der Waals surface area contributed by atoms with Crippen LogP contribution in [0.2, 0.25) is 0 Å². The Bertz CT molecular complexity index is 1260. The summed E-state index contributed by atoms with van der Waals surface area (Å²) in [4.78, 5) is 0. The average molecular weight is 424 g/mol. The summed E-state index contributed by atoms with van der Waals surface area (Å²) in [7, 11) is 0. The van der Waals surface area contributed by atoms with Crippen LogP contribution in [0, 0.1) is 34.0 Å². The van der Waals surface area contributed by atoms with E-state index in [1.807, 2.05) is 72.8 Å². The van der Waals surface area contributed by atoms with E-state index in [-0.39, 0.29) is 0 Å². The second kappa shape index (κ2) is 8.84. The standard InChI is InChI=1S/C30H21N3/c1-19(25-10-4-22(16-31)5-11-25)28-29(20(2)26-12-6-23(17-32)7-13-26)30(28)21(3)27-14-8-24(18-33)9-15-27/h4-15H,1-3H3. The van der Waals surface area contributed by atoms with Crippen molar-refractivity contribution in [1.82, 2.24) is 0 Å². The first-order valence-electron chi connectivity index (χ1n) is 10.6. The van der Waals surface area contributed by atoms with Gasteiger partial charge in [-0.2, -0.15) is 15.8 Å². The zero-order chi connectivity index (χ0) is 23.5. The van der Waals surface area contributed by atoms with Crippen molar-refractivity contribution >= 4 is 16.7 Å². The van der Waals surface area contributed by atoms with Gasteiger partial charge in [-0.1, -0.05) is 36.4 Å². The van der Waals surface area contributed by atoms with Gasteiger partial charge in [0.2, 0.25) is 0 Å². The molecule has 3 heteroatoms. The first-order valence-corrected chi connectivity index (χ1v) is 10.6. The van der Waals surface area contributed by atoms with Crippen LogP contribution in [0.4, 0.5) is 0 Å². The highest BCUT2D eigenvalue weighted by atomic mass is 14.4. The third-order valence-corrected chi connectivity index (χ3v) is 6.15. The number of hydrogen-bond donors (Lipinski definition) is 0.